The molecule has 5 nitrogen and oxygen atoms in total. The first-order valence-electron chi connectivity index (χ1n) is 7.64. The Morgan fingerprint density at radius 2 is 2.08 bits per heavy atom. The van der Waals surface area contributed by atoms with E-state index < -0.39 is 0 Å². The van der Waals surface area contributed by atoms with Crippen molar-refractivity contribution >= 4 is 52.9 Å². The van der Waals surface area contributed by atoms with Crippen molar-refractivity contribution in [3.63, 3.8) is 0 Å². The van der Waals surface area contributed by atoms with E-state index in [1.807, 2.05) is 26.0 Å². The van der Waals surface area contributed by atoms with Gasteiger partial charge in [0, 0.05) is 24.2 Å². The predicted octanol–water partition coefficient (Wildman–Crippen LogP) is 3.72. The van der Waals surface area contributed by atoms with Gasteiger partial charge in [-0.2, -0.15) is 0 Å². The summed E-state index contributed by atoms with van der Waals surface area (Å²) in [4.78, 5) is 14.4. The van der Waals surface area contributed by atoms with E-state index in [2.05, 4.69) is 32.5 Å². The van der Waals surface area contributed by atoms with Gasteiger partial charge in [-0.15, -0.1) is 35.3 Å². The van der Waals surface area contributed by atoms with Gasteiger partial charge < -0.3 is 10.6 Å². The normalized spacial score (nSPS) is 11.1. The van der Waals surface area contributed by atoms with Crippen LogP contribution in [0, 0.1) is 13.8 Å². The third-order valence-electron chi connectivity index (χ3n) is 3.22. The molecule has 2 N–H and O–H groups in total. The number of hydrogen-bond donors (Lipinski definition) is 2. The molecular formula is C16H23ClIN5S. The Balaban J connectivity index is 0.00000288. The maximum Gasteiger partial charge on any atom is 0.191 e. The Labute approximate surface area is 169 Å². The zero-order valence-electron chi connectivity index (χ0n) is 14.1. The first kappa shape index (κ1) is 21.1. The highest BCUT2D eigenvalue weighted by Gasteiger charge is 2.05. The van der Waals surface area contributed by atoms with Crippen molar-refractivity contribution in [2.75, 3.05) is 13.1 Å². The summed E-state index contributed by atoms with van der Waals surface area (Å²) in [5.41, 5.74) is 2.21. The van der Waals surface area contributed by atoms with Crippen LogP contribution in [-0.4, -0.2) is 29.0 Å². The van der Waals surface area contributed by atoms with E-state index in [1.165, 1.54) is 4.88 Å². The first-order valence-corrected chi connectivity index (χ1v) is 8.83. The van der Waals surface area contributed by atoms with Crippen LogP contribution in [0.1, 0.15) is 28.1 Å². The summed E-state index contributed by atoms with van der Waals surface area (Å²) in [6, 6.07) is 3.80. The van der Waals surface area contributed by atoms with Crippen molar-refractivity contribution in [2.45, 2.75) is 33.7 Å². The number of thiazole rings is 1. The van der Waals surface area contributed by atoms with Gasteiger partial charge in [0.2, 0.25) is 0 Å². The standard InChI is InChI=1S/C16H22ClN5S.HI/c1-4-18-16(21-10-14-11(2)22-12(3)23-14)19-8-7-13-5-6-15(17)20-9-13;/h5-6,9H,4,7-8,10H2,1-3H3,(H2,18,19,21);1H. The van der Waals surface area contributed by atoms with Crippen LogP contribution in [0.5, 0.6) is 0 Å². The molecule has 0 radical (unpaired) electrons. The molecule has 0 atom stereocenters. The molecule has 2 rings (SSSR count). The molecule has 0 saturated heterocycles. The molecule has 0 amide bonds. The number of nitrogens with zero attached hydrogens (tertiary/aromatic N) is 3. The molecule has 0 aliphatic rings. The van der Waals surface area contributed by atoms with Crippen molar-refractivity contribution in [3.8, 4) is 0 Å². The lowest BCUT2D eigenvalue weighted by Gasteiger charge is -2.11. The van der Waals surface area contributed by atoms with E-state index in [-0.39, 0.29) is 24.0 Å². The molecule has 0 aliphatic carbocycles. The fourth-order valence-corrected chi connectivity index (χ4v) is 3.07. The SMILES string of the molecule is CCNC(=NCc1sc(C)nc1C)NCCc1ccc(Cl)nc1.I. The number of aryl methyl sites for hydroxylation is 2. The highest BCUT2D eigenvalue weighted by Crippen LogP contribution is 2.17. The molecule has 0 saturated carbocycles. The molecule has 2 heterocycles. The molecule has 8 heteroatoms. The highest BCUT2D eigenvalue weighted by atomic mass is 127. The molecule has 0 bridgehead atoms. The third kappa shape index (κ3) is 6.90. The van der Waals surface area contributed by atoms with Crippen LogP contribution < -0.4 is 10.6 Å². The number of pyridine rings is 1. The number of aromatic nitrogens is 2. The van der Waals surface area contributed by atoms with Crippen molar-refractivity contribution < 1.29 is 0 Å². The number of aliphatic imine (C=N–C) groups is 1. The Morgan fingerprint density at radius 1 is 1.29 bits per heavy atom. The summed E-state index contributed by atoms with van der Waals surface area (Å²) in [6.07, 6.45) is 2.67. The van der Waals surface area contributed by atoms with Crippen molar-refractivity contribution in [1.29, 1.82) is 0 Å². The minimum absolute atomic E-state index is 0. The zero-order valence-corrected chi connectivity index (χ0v) is 18.0. The zero-order chi connectivity index (χ0) is 16.7. The Morgan fingerprint density at radius 3 is 2.67 bits per heavy atom. The van der Waals surface area contributed by atoms with Crippen molar-refractivity contribution in [2.24, 2.45) is 4.99 Å². The van der Waals surface area contributed by atoms with Gasteiger partial charge in [-0.1, -0.05) is 17.7 Å². The van der Waals surface area contributed by atoms with Gasteiger partial charge in [0.25, 0.3) is 0 Å². The second-order valence-corrected chi connectivity index (χ2v) is 6.78. The van der Waals surface area contributed by atoms with Gasteiger partial charge in [0.1, 0.15) is 5.15 Å². The smallest absolute Gasteiger partial charge is 0.191 e. The molecule has 0 spiro atoms. The number of nitrogens with one attached hydrogen (secondary N) is 2. The monoisotopic (exact) mass is 479 g/mol. The van der Waals surface area contributed by atoms with Crippen molar-refractivity contribution in [3.05, 3.63) is 44.6 Å². The summed E-state index contributed by atoms with van der Waals surface area (Å²) in [5, 5.41) is 8.21. The molecule has 0 aromatic carbocycles. The molecule has 132 valence electrons. The van der Waals surface area contributed by atoms with Crippen LogP contribution in [0.15, 0.2) is 23.3 Å². The fraction of sp³-hybridized carbons (Fsp3) is 0.438. The van der Waals surface area contributed by atoms with Crippen molar-refractivity contribution in [1.82, 2.24) is 20.6 Å². The van der Waals surface area contributed by atoms with E-state index in [0.29, 0.717) is 11.7 Å². The lowest BCUT2D eigenvalue weighted by Crippen LogP contribution is -2.38. The van der Waals surface area contributed by atoms with E-state index in [4.69, 9.17) is 11.6 Å². The molecule has 2 aromatic heterocycles. The molecule has 24 heavy (non-hydrogen) atoms. The molecule has 0 unspecified atom stereocenters. The Hall–Kier alpha value is -0.930. The van der Waals surface area contributed by atoms with Gasteiger partial charge in [-0.3, -0.25) is 0 Å². The summed E-state index contributed by atoms with van der Waals surface area (Å²) >= 11 is 7.49. The maximum absolute atomic E-state index is 5.79. The van der Waals surface area contributed by atoms with E-state index >= 15 is 0 Å². The predicted molar refractivity (Wildman–Crippen MR) is 113 cm³/mol. The summed E-state index contributed by atoms with van der Waals surface area (Å²) in [6.45, 7) is 8.37. The quantitative estimate of drug-likeness (QED) is 0.287. The minimum atomic E-state index is 0. The van der Waals surface area contributed by atoms with E-state index in [1.54, 1.807) is 17.5 Å². The van der Waals surface area contributed by atoms with Crippen LogP contribution >= 0.6 is 46.9 Å². The number of rotatable bonds is 6. The number of guanidine groups is 1. The maximum atomic E-state index is 5.79. The summed E-state index contributed by atoms with van der Waals surface area (Å²) in [5.74, 6) is 0.819. The lowest BCUT2D eigenvalue weighted by atomic mass is 10.2. The largest absolute Gasteiger partial charge is 0.357 e. The Kier molecular flexibility index (Phi) is 9.53. The van der Waals surface area contributed by atoms with Crippen LogP contribution in [-0.2, 0) is 13.0 Å². The lowest BCUT2D eigenvalue weighted by molar-refractivity contribution is 0.798. The fourth-order valence-electron chi connectivity index (χ4n) is 2.09. The minimum Gasteiger partial charge on any atom is -0.357 e. The molecule has 0 fully saturated rings. The second kappa shape index (κ2) is 10.8. The average Bonchev–Trinajstić information content (AvgIpc) is 2.84. The molecule has 2 aromatic rings. The highest BCUT2D eigenvalue weighted by molar-refractivity contribution is 14.0. The van der Waals surface area contributed by atoms with E-state index in [9.17, 15) is 0 Å². The van der Waals surface area contributed by atoms with Gasteiger partial charge >= 0.3 is 0 Å². The van der Waals surface area contributed by atoms with E-state index in [0.717, 1.165) is 41.7 Å². The van der Waals surface area contributed by atoms with Gasteiger partial charge in [0.05, 0.1) is 17.2 Å². The average molecular weight is 480 g/mol. The van der Waals surface area contributed by atoms with Gasteiger partial charge in [0.15, 0.2) is 5.96 Å². The van der Waals surface area contributed by atoms with Gasteiger partial charge in [-0.05, 0) is 38.8 Å². The Bertz CT molecular complexity index is 657. The van der Waals surface area contributed by atoms with Crippen LogP contribution in [0.4, 0.5) is 0 Å². The number of hydrogen-bond acceptors (Lipinski definition) is 4. The first-order chi connectivity index (χ1) is 11.1. The summed E-state index contributed by atoms with van der Waals surface area (Å²) in [7, 11) is 0. The second-order valence-electron chi connectivity index (χ2n) is 5.10. The topological polar surface area (TPSA) is 62.2 Å². The molecular weight excluding hydrogens is 457 g/mol. The number of halogens is 2. The van der Waals surface area contributed by atoms with Crippen LogP contribution in [0.3, 0.4) is 0 Å². The third-order valence-corrected chi connectivity index (χ3v) is 4.50. The summed E-state index contributed by atoms with van der Waals surface area (Å²) < 4.78 is 0. The van der Waals surface area contributed by atoms with Crippen LogP contribution in [0.2, 0.25) is 5.15 Å². The molecule has 0 aliphatic heterocycles. The van der Waals surface area contributed by atoms with Gasteiger partial charge in [-0.25, -0.2) is 15.0 Å². The van der Waals surface area contributed by atoms with Crippen LogP contribution in [0.25, 0.3) is 0 Å².